The van der Waals surface area contributed by atoms with E-state index in [1.165, 1.54) is 10.9 Å². The number of H-pyrrole nitrogens is 1. The largest absolute Gasteiger partial charge is 0.479 e. The highest BCUT2D eigenvalue weighted by atomic mass is 16.5. The van der Waals surface area contributed by atoms with Gasteiger partial charge in [-0.3, -0.25) is 14.3 Å². The number of imidazole rings is 1. The van der Waals surface area contributed by atoms with E-state index in [-0.39, 0.29) is 23.5 Å². The molecule has 3 rings (SSSR count). The molecule has 4 atom stereocenters. The summed E-state index contributed by atoms with van der Waals surface area (Å²) in [5.74, 6) is -1.61. The van der Waals surface area contributed by atoms with Gasteiger partial charge >= 0.3 is 5.97 Å². The molecule has 1 aliphatic heterocycles. The molecule has 118 valence electrons. The second-order valence-corrected chi connectivity index (χ2v) is 4.92. The highest BCUT2D eigenvalue weighted by Gasteiger charge is 2.42. The van der Waals surface area contributed by atoms with Crippen molar-refractivity contribution in [1.29, 1.82) is 0 Å². The van der Waals surface area contributed by atoms with Crippen molar-refractivity contribution in [3.63, 3.8) is 0 Å². The van der Waals surface area contributed by atoms with Crippen LogP contribution in [0.3, 0.4) is 0 Å². The smallest absolute Gasteiger partial charge is 0.335 e. The van der Waals surface area contributed by atoms with Gasteiger partial charge in [0.25, 0.3) is 5.56 Å². The van der Waals surface area contributed by atoms with Gasteiger partial charge in [-0.15, -0.1) is 0 Å². The number of nitrogens with zero attached hydrogens (tertiary/aromatic N) is 3. The van der Waals surface area contributed by atoms with Crippen LogP contribution in [0.25, 0.3) is 11.2 Å². The minimum atomic E-state index is -1.86. The van der Waals surface area contributed by atoms with Crippen molar-refractivity contribution in [2.24, 2.45) is 0 Å². The number of nitrogens with one attached hydrogen (secondary N) is 1. The number of carboxylic acids is 1. The van der Waals surface area contributed by atoms with Crippen LogP contribution >= 0.6 is 0 Å². The highest BCUT2D eigenvalue weighted by molar-refractivity contribution is 5.73. The first-order valence-corrected chi connectivity index (χ1v) is 6.35. The van der Waals surface area contributed by atoms with E-state index in [1.807, 2.05) is 0 Å². The number of anilines is 1. The molecule has 1 fully saturated rings. The molecule has 11 nitrogen and oxygen atoms in total. The number of ether oxygens (including phenoxy) is 1. The number of carbonyl (C=O) groups is 1. The van der Waals surface area contributed by atoms with Crippen LogP contribution in [0, 0.1) is 0 Å². The van der Waals surface area contributed by atoms with E-state index < -0.39 is 36.1 Å². The Bertz CT molecular complexity index is 785. The molecule has 0 radical (unpaired) electrons. The molecule has 0 aromatic carbocycles. The third-order valence-electron chi connectivity index (χ3n) is 3.46. The molecule has 1 aliphatic rings. The number of rotatable bonds is 3. The van der Waals surface area contributed by atoms with Crippen molar-refractivity contribution in [2.75, 3.05) is 5.73 Å². The minimum Gasteiger partial charge on any atom is -0.479 e. The molecule has 0 amide bonds. The summed E-state index contributed by atoms with van der Waals surface area (Å²) < 4.78 is 6.74. The minimum absolute atomic E-state index is 0.00878. The molecule has 1 saturated heterocycles. The number of nitrogens with two attached hydrogens (primary N) is 1. The average molecular weight is 311 g/mol. The van der Waals surface area contributed by atoms with Crippen LogP contribution < -0.4 is 11.3 Å². The highest BCUT2D eigenvalue weighted by Crippen LogP contribution is 2.32. The van der Waals surface area contributed by atoms with Crippen LogP contribution in [0.5, 0.6) is 0 Å². The zero-order valence-electron chi connectivity index (χ0n) is 11.1. The summed E-state index contributed by atoms with van der Waals surface area (Å²) in [6, 6.07) is 0. The first-order chi connectivity index (χ1) is 10.4. The maximum Gasteiger partial charge on any atom is 0.335 e. The molecule has 22 heavy (non-hydrogen) atoms. The zero-order valence-corrected chi connectivity index (χ0v) is 11.1. The maximum absolute atomic E-state index is 11.7. The van der Waals surface area contributed by atoms with Gasteiger partial charge in [0.15, 0.2) is 17.3 Å². The van der Waals surface area contributed by atoms with Crippen molar-refractivity contribution in [3.8, 4) is 0 Å². The Hall–Kier alpha value is -2.50. The third-order valence-corrected chi connectivity index (χ3v) is 3.46. The molecule has 2 aromatic rings. The number of hydrogen-bond donors (Lipinski definition) is 5. The van der Waals surface area contributed by atoms with Gasteiger partial charge in [-0.25, -0.2) is 9.78 Å². The Morgan fingerprint density at radius 1 is 1.59 bits per heavy atom. The van der Waals surface area contributed by atoms with E-state index >= 15 is 0 Å². The van der Waals surface area contributed by atoms with Crippen LogP contribution in [0.1, 0.15) is 12.6 Å². The fraction of sp³-hybridized carbons (Fsp3) is 0.455. The van der Waals surface area contributed by atoms with Gasteiger partial charge in [0, 0.05) is 6.42 Å². The lowest BCUT2D eigenvalue weighted by Gasteiger charge is -2.18. The Labute approximate surface area is 122 Å². The number of aliphatic carboxylic acids is 1. The molecule has 2 unspecified atom stereocenters. The Morgan fingerprint density at radius 3 is 3.00 bits per heavy atom. The predicted octanol–water partition coefficient (Wildman–Crippen LogP) is -2.20. The van der Waals surface area contributed by atoms with Crippen molar-refractivity contribution in [2.45, 2.75) is 31.0 Å². The van der Waals surface area contributed by atoms with Crippen LogP contribution in [0.4, 0.5) is 5.95 Å². The lowest BCUT2D eigenvalue weighted by molar-refractivity contribution is -0.160. The molecule has 0 spiro atoms. The molecule has 3 heterocycles. The Kier molecular flexibility index (Phi) is 3.31. The summed E-state index contributed by atoms with van der Waals surface area (Å²) in [5, 5.41) is 28.2. The van der Waals surface area contributed by atoms with E-state index in [9.17, 15) is 19.8 Å². The van der Waals surface area contributed by atoms with Gasteiger partial charge in [0.05, 0.1) is 12.4 Å². The van der Waals surface area contributed by atoms with Crippen molar-refractivity contribution >= 4 is 23.1 Å². The molecule has 0 bridgehead atoms. The summed E-state index contributed by atoms with van der Waals surface area (Å²) in [5.41, 5.74) is 5.13. The summed E-state index contributed by atoms with van der Waals surface area (Å²) in [6.07, 6.45) is -3.88. The van der Waals surface area contributed by atoms with Crippen molar-refractivity contribution in [1.82, 2.24) is 19.5 Å². The van der Waals surface area contributed by atoms with Crippen molar-refractivity contribution in [3.05, 3.63) is 16.7 Å². The number of carboxylic acid groups (broad SMARTS) is 1. The van der Waals surface area contributed by atoms with Crippen LogP contribution in [0.15, 0.2) is 11.1 Å². The zero-order chi connectivity index (χ0) is 16.0. The fourth-order valence-electron chi connectivity index (χ4n) is 2.43. The quantitative estimate of drug-likeness (QED) is 0.420. The van der Waals surface area contributed by atoms with Crippen LogP contribution in [-0.4, -0.2) is 59.1 Å². The SMILES string of the molecule is Nc1nc2c(ncn2[C@H]2CC(O)[C@@H](C(O)C(=O)O)O2)c(=O)[nH]1. The van der Waals surface area contributed by atoms with E-state index in [1.54, 1.807) is 0 Å². The topological polar surface area (TPSA) is 177 Å². The molecule has 2 aromatic heterocycles. The van der Waals surface area contributed by atoms with Crippen LogP contribution in [-0.2, 0) is 9.53 Å². The number of aliphatic hydroxyl groups excluding tert-OH is 2. The standard InChI is InChI=1S/C11H13N5O6/c12-11-14-8-5(9(19)15-11)13-2-16(8)4-1-3(17)7(22-4)6(18)10(20)21/h2-4,6-7,17-18H,1H2,(H,20,21)(H3,12,14,15,19)/t3?,4-,6?,7+/m1/s1. The fourth-order valence-corrected chi connectivity index (χ4v) is 2.43. The van der Waals surface area contributed by atoms with E-state index in [0.29, 0.717) is 0 Å². The number of aliphatic hydroxyl groups is 2. The van der Waals surface area contributed by atoms with Crippen molar-refractivity contribution < 1.29 is 24.9 Å². The van der Waals surface area contributed by atoms with Gasteiger partial charge < -0.3 is 25.8 Å². The number of hydrogen-bond acceptors (Lipinski definition) is 8. The number of nitrogen functional groups attached to an aromatic ring is 1. The normalized spacial score (nSPS) is 26.4. The molecular formula is C11H13N5O6. The molecule has 6 N–H and O–H groups in total. The second kappa shape index (κ2) is 5.05. The monoisotopic (exact) mass is 311 g/mol. The van der Waals surface area contributed by atoms with E-state index in [4.69, 9.17) is 15.6 Å². The lowest BCUT2D eigenvalue weighted by Crippen LogP contribution is -2.40. The Balaban J connectivity index is 1.96. The molecular weight excluding hydrogens is 298 g/mol. The van der Waals surface area contributed by atoms with Gasteiger partial charge in [0.1, 0.15) is 12.3 Å². The van der Waals surface area contributed by atoms with E-state index in [2.05, 4.69) is 15.0 Å². The van der Waals surface area contributed by atoms with Crippen LogP contribution in [0.2, 0.25) is 0 Å². The summed E-state index contributed by atoms with van der Waals surface area (Å²) in [4.78, 5) is 32.6. The van der Waals surface area contributed by atoms with E-state index in [0.717, 1.165) is 0 Å². The van der Waals surface area contributed by atoms with Gasteiger partial charge in [-0.2, -0.15) is 4.98 Å². The summed E-state index contributed by atoms with van der Waals surface area (Å²) in [7, 11) is 0. The molecule has 11 heteroatoms. The summed E-state index contributed by atoms with van der Waals surface area (Å²) in [6.45, 7) is 0. The second-order valence-electron chi connectivity index (χ2n) is 4.92. The maximum atomic E-state index is 11.7. The summed E-state index contributed by atoms with van der Waals surface area (Å²) >= 11 is 0. The van der Waals surface area contributed by atoms with Gasteiger partial charge in [-0.1, -0.05) is 0 Å². The molecule has 0 saturated carbocycles. The first kappa shape index (κ1) is 14.4. The first-order valence-electron chi connectivity index (χ1n) is 6.35. The Morgan fingerprint density at radius 2 is 2.32 bits per heavy atom. The predicted molar refractivity (Wildman–Crippen MR) is 70.7 cm³/mol. The molecule has 0 aliphatic carbocycles. The average Bonchev–Trinajstić information content (AvgIpc) is 3.01. The van der Waals surface area contributed by atoms with Gasteiger partial charge in [0.2, 0.25) is 5.95 Å². The number of aromatic nitrogens is 4. The number of aromatic amines is 1. The third kappa shape index (κ3) is 2.20. The number of fused-ring (bicyclic) bond motifs is 1. The lowest BCUT2D eigenvalue weighted by atomic mass is 10.1. The van der Waals surface area contributed by atoms with Gasteiger partial charge in [-0.05, 0) is 0 Å².